The summed E-state index contributed by atoms with van der Waals surface area (Å²) in [7, 11) is 0. The van der Waals surface area contributed by atoms with Crippen LogP contribution in [-0.2, 0) is 5.75 Å². The average Bonchev–Trinajstić information content (AvgIpc) is 2.49. The van der Waals surface area contributed by atoms with Crippen molar-refractivity contribution in [3.8, 4) is 0 Å². The number of thiol groups is 1. The van der Waals surface area contributed by atoms with Crippen molar-refractivity contribution in [1.82, 2.24) is 14.6 Å². The molecule has 0 fully saturated rings. The molecular weight excluding hydrogens is 238 g/mol. The van der Waals surface area contributed by atoms with E-state index >= 15 is 0 Å². The standard InChI is InChI=1S/C7H6BrN3S/c8-5-2-1-3-11-7(5)9-6(4-12)10-11/h1-3,12H,4H2. The van der Waals surface area contributed by atoms with Gasteiger partial charge in [-0.2, -0.15) is 17.7 Å². The molecule has 0 aliphatic rings. The molecule has 0 saturated heterocycles. The molecule has 2 rings (SSSR count). The quantitative estimate of drug-likeness (QED) is 0.777. The van der Waals surface area contributed by atoms with Crippen molar-refractivity contribution in [2.24, 2.45) is 0 Å². The van der Waals surface area contributed by atoms with Gasteiger partial charge in [0.2, 0.25) is 0 Å². The summed E-state index contributed by atoms with van der Waals surface area (Å²) in [5.41, 5.74) is 0.835. The van der Waals surface area contributed by atoms with Crippen LogP contribution in [0.4, 0.5) is 0 Å². The van der Waals surface area contributed by atoms with Gasteiger partial charge in [-0.3, -0.25) is 0 Å². The maximum Gasteiger partial charge on any atom is 0.169 e. The molecule has 0 saturated carbocycles. The zero-order chi connectivity index (χ0) is 8.55. The SMILES string of the molecule is SCc1nc2c(Br)cccn2n1. The van der Waals surface area contributed by atoms with E-state index in [2.05, 4.69) is 38.6 Å². The van der Waals surface area contributed by atoms with E-state index in [1.54, 1.807) is 4.52 Å². The van der Waals surface area contributed by atoms with Crippen molar-refractivity contribution in [2.45, 2.75) is 5.75 Å². The van der Waals surface area contributed by atoms with Gasteiger partial charge >= 0.3 is 0 Å². The number of fused-ring (bicyclic) bond motifs is 1. The van der Waals surface area contributed by atoms with E-state index in [0.717, 1.165) is 15.9 Å². The molecule has 0 spiro atoms. The Bertz CT molecular complexity index is 412. The Morgan fingerprint density at radius 1 is 1.58 bits per heavy atom. The van der Waals surface area contributed by atoms with E-state index < -0.39 is 0 Å². The third-order valence-corrected chi connectivity index (χ3v) is 2.40. The number of halogens is 1. The highest BCUT2D eigenvalue weighted by molar-refractivity contribution is 9.10. The van der Waals surface area contributed by atoms with Crippen molar-refractivity contribution >= 4 is 34.2 Å². The zero-order valence-electron chi connectivity index (χ0n) is 6.11. The van der Waals surface area contributed by atoms with Crippen LogP contribution in [0, 0.1) is 0 Å². The van der Waals surface area contributed by atoms with Gasteiger partial charge < -0.3 is 0 Å². The minimum absolute atomic E-state index is 0.564. The van der Waals surface area contributed by atoms with Gasteiger partial charge in [0.15, 0.2) is 11.5 Å². The van der Waals surface area contributed by atoms with E-state index in [9.17, 15) is 0 Å². The molecule has 0 bridgehead atoms. The van der Waals surface area contributed by atoms with E-state index in [0.29, 0.717) is 5.75 Å². The number of hydrogen-bond acceptors (Lipinski definition) is 3. The van der Waals surface area contributed by atoms with E-state index in [-0.39, 0.29) is 0 Å². The lowest BCUT2D eigenvalue weighted by atomic mass is 10.5. The van der Waals surface area contributed by atoms with Crippen molar-refractivity contribution in [3.63, 3.8) is 0 Å². The van der Waals surface area contributed by atoms with E-state index in [4.69, 9.17) is 0 Å². The molecule has 3 nitrogen and oxygen atoms in total. The molecule has 62 valence electrons. The summed E-state index contributed by atoms with van der Waals surface area (Å²) in [5, 5.41) is 4.19. The zero-order valence-corrected chi connectivity index (χ0v) is 8.59. The molecule has 0 N–H and O–H groups in total. The Kier molecular flexibility index (Phi) is 2.06. The van der Waals surface area contributed by atoms with Crippen LogP contribution in [0.2, 0.25) is 0 Å². The molecule has 0 aromatic carbocycles. The highest BCUT2D eigenvalue weighted by Gasteiger charge is 2.03. The van der Waals surface area contributed by atoms with Crippen LogP contribution in [0.15, 0.2) is 22.8 Å². The second-order valence-electron chi connectivity index (χ2n) is 2.31. The van der Waals surface area contributed by atoms with Crippen LogP contribution >= 0.6 is 28.6 Å². The Labute approximate surface area is 83.3 Å². The van der Waals surface area contributed by atoms with Crippen molar-refractivity contribution in [2.75, 3.05) is 0 Å². The smallest absolute Gasteiger partial charge is 0.169 e. The van der Waals surface area contributed by atoms with E-state index in [1.165, 1.54) is 0 Å². The fourth-order valence-electron chi connectivity index (χ4n) is 0.985. The Hall–Kier alpha value is -0.550. The lowest BCUT2D eigenvalue weighted by Gasteiger charge is -1.90. The first-order valence-corrected chi connectivity index (χ1v) is 4.84. The fourth-order valence-corrected chi connectivity index (χ4v) is 1.54. The molecule has 2 heterocycles. The number of aromatic nitrogens is 3. The minimum atomic E-state index is 0.564. The molecular formula is C7H6BrN3S. The lowest BCUT2D eigenvalue weighted by Crippen LogP contribution is -1.86. The molecule has 5 heteroatoms. The molecule has 0 radical (unpaired) electrons. The molecule has 2 aromatic heterocycles. The highest BCUT2D eigenvalue weighted by atomic mass is 79.9. The summed E-state index contributed by atoms with van der Waals surface area (Å²) in [5.74, 6) is 1.30. The first-order chi connectivity index (χ1) is 5.81. The molecule has 12 heavy (non-hydrogen) atoms. The average molecular weight is 244 g/mol. The van der Waals surface area contributed by atoms with Crippen LogP contribution in [0.25, 0.3) is 5.65 Å². The summed E-state index contributed by atoms with van der Waals surface area (Å²) in [6, 6.07) is 3.85. The van der Waals surface area contributed by atoms with Gasteiger partial charge in [0.25, 0.3) is 0 Å². The largest absolute Gasteiger partial charge is 0.220 e. The van der Waals surface area contributed by atoms with Crippen LogP contribution in [0.1, 0.15) is 5.82 Å². The molecule has 0 atom stereocenters. The minimum Gasteiger partial charge on any atom is -0.220 e. The molecule has 0 aliphatic heterocycles. The first kappa shape index (κ1) is 8.07. The molecule has 0 amide bonds. The summed E-state index contributed by atoms with van der Waals surface area (Å²) in [4.78, 5) is 4.26. The summed E-state index contributed by atoms with van der Waals surface area (Å²) >= 11 is 7.49. The van der Waals surface area contributed by atoms with Crippen LogP contribution < -0.4 is 0 Å². The van der Waals surface area contributed by atoms with Crippen molar-refractivity contribution < 1.29 is 0 Å². The second-order valence-corrected chi connectivity index (χ2v) is 3.48. The van der Waals surface area contributed by atoms with Gasteiger partial charge in [-0.15, -0.1) is 0 Å². The van der Waals surface area contributed by atoms with Crippen LogP contribution in [0.5, 0.6) is 0 Å². The first-order valence-electron chi connectivity index (χ1n) is 3.42. The molecule has 2 aromatic rings. The Balaban J connectivity index is 2.74. The number of hydrogen-bond donors (Lipinski definition) is 1. The summed E-state index contributed by atoms with van der Waals surface area (Å²) in [6.45, 7) is 0. The van der Waals surface area contributed by atoms with Crippen LogP contribution in [0.3, 0.4) is 0 Å². The summed E-state index contributed by atoms with van der Waals surface area (Å²) in [6.07, 6.45) is 1.86. The van der Waals surface area contributed by atoms with Gasteiger partial charge in [0.05, 0.1) is 10.2 Å². The number of nitrogens with zero attached hydrogens (tertiary/aromatic N) is 3. The predicted octanol–water partition coefficient (Wildman–Crippen LogP) is 1.92. The maximum absolute atomic E-state index is 4.26. The number of pyridine rings is 1. The van der Waals surface area contributed by atoms with Crippen molar-refractivity contribution in [1.29, 1.82) is 0 Å². The number of rotatable bonds is 1. The van der Waals surface area contributed by atoms with Crippen molar-refractivity contribution in [3.05, 3.63) is 28.6 Å². The highest BCUT2D eigenvalue weighted by Crippen LogP contribution is 2.15. The van der Waals surface area contributed by atoms with Gasteiger partial charge in [0, 0.05) is 6.20 Å². The van der Waals surface area contributed by atoms with Gasteiger partial charge in [0.1, 0.15) is 0 Å². The summed E-state index contributed by atoms with van der Waals surface area (Å²) < 4.78 is 2.68. The van der Waals surface area contributed by atoms with E-state index in [1.807, 2.05) is 18.3 Å². The topological polar surface area (TPSA) is 30.2 Å². The molecule has 0 unspecified atom stereocenters. The Morgan fingerprint density at radius 2 is 2.42 bits per heavy atom. The normalized spacial score (nSPS) is 10.8. The van der Waals surface area contributed by atoms with Gasteiger partial charge in [-0.1, -0.05) is 0 Å². The maximum atomic E-state index is 4.26. The third kappa shape index (κ3) is 1.23. The fraction of sp³-hybridized carbons (Fsp3) is 0.143. The van der Waals surface area contributed by atoms with Crippen LogP contribution in [-0.4, -0.2) is 14.6 Å². The monoisotopic (exact) mass is 243 g/mol. The molecule has 0 aliphatic carbocycles. The lowest BCUT2D eigenvalue weighted by molar-refractivity contribution is 0.924. The predicted molar refractivity (Wildman–Crippen MR) is 53.4 cm³/mol. The van der Waals surface area contributed by atoms with Gasteiger partial charge in [-0.25, -0.2) is 9.50 Å². The Morgan fingerprint density at radius 3 is 3.08 bits per heavy atom. The third-order valence-electron chi connectivity index (χ3n) is 1.50. The second kappa shape index (κ2) is 3.06. The van der Waals surface area contributed by atoms with Gasteiger partial charge in [-0.05, 0) is 28.1 Å².